The van der Waals surface area contributed by atoms with E-state index in [2.05, 4.69) is 42.6 Å². The van der Waals surface area contributed by atoms with Gasteiger partial charge in [-0.25, -0.2) is 4.98 Å². The Hall–Kier alpha value is -1.19. The van der Waals surface area contributed by atoms with Crippen molar-refractivity contribution in [3.8, 4) is 10.4 Å². The minimum Gasteiger partial charge on any atom is -0.311 e. The summed E-state index contributed by atoms with van der Waals surface area (Å²) in [5.41, 5.74) is 2.52. The summed E-state index contributed by atoms with van der Waals surface area (Å²) in [6.07, 6.45) is 3.96. The van der Waals surface area contributed by atoms with Gasteiger partial charge in [-0.05, 0) is 30.9 Å². The van der Waals surface area contributed by atoms with Crippen LogP contribution in [-0.4, -0.2) is 11.5 Å². The molecule has 0 bridgehead atoms. The lowest BCUT2D eigenvalue weighted by molar-refractivity contribution is 0.709. The van der Waals surface area contributed by atoms with Crippen LogP contribution in [0, 0.1) is 5.92 Å². The highest BCUT2D eigenvalue weighted by Gasteiger charge is 2.24. The molecule has 1 heterocycles. The Morgan fingerprint density at radius 2 is 2.05 bits per heavy atom. The molecular formula is C16H20N2S. The second-order valence-electron chi connectivity index (χ2n) is 5.18. The van der Waals surface area contributed by atoms with E-state index in [-0.39, 0.29) is 0 Å². The van der Waals surface area contributed by atoms with E-state index in [0.717, 1.165) is 19.0 Å². The third kappa shape index (κ3) is 3.23. The maximum Gasteiger partial charge on any atom is 0.0938 e. The van der Waals surface area contributed by atoms with Gasteiger partial charge in [0, 0.05) is 13.0 Å². The molecule has 0 aliphatic heterocycles. The molecule has 0 unspecified atom stereocenters. The molecule has 0 amide bonds. The van der Waals surface area contributed by atoms with E-state index >= 15 is 0 Å². The Balaban J connectivity index is 1.88. The fraction of sp³-hybridized carbons (Fsp3) is 0.438. The predicted molar refractivity (Wildman–Crippen MR) is 81.4 cm³/mol. The maximum atomic E-state index is 4.86. The van der Waals surface area contributed by atoms with Crippen molar-refractivity contribution in [1.29, 1.82) is 0 Å². The molecule has 2 aromatic rings. The summed E-state index contributed by atoms with van der Waals surface area (Å²) in [6, 6.07) is 10.6. The van der Waals surface area contributed by atoms with Crippen LogP contribution in [0.3, 0.4) is 0 Å². The average Bonchev–Trinajstić information content (AvgIpc) is 3.16. The Kier molecular flexibility index (Phi) is 3.95. The number of rotatable bonds is 6. The zero-order chi connectivity index (χ0) is 13.1. The molecule has 0 saturated heterocycles. The van der Waals surface area contributed by atoms with Crippen LogP contribution in [0.15, 0.2) is 30.3 Å². The van der Waals surface area contributed by atoms with Gasteiger partial charge in [0.05, 0.1) is 15.6 Å². The molecule has 1 aliphatic rings. The van der Waals surface area contributed by atoms with Crippen molar-refractivity contribution >= 4 is 11.3 Å². The minimum atomic E-state index is 0.877. The van der Waals surface area contributed by atoms with Crippen LogP contribution in [0.2, 0.25) is 0 Å². The summed E-state index contributed by atoms with van der Waals surface area (Å²) < 4.78 is 0. The molecule has 1 aromatic heterocycles. The van der Waals surface area contributed by atoms with Gasteiger partial charge in [-0.2, -0.15) is 0 Å². The minimum absolute atomic E-state index is 0.877. The number of hydrogen-bond acceptors (Lipinski definition) is 3. The van der Waals surface area contributed by atoms with Crippen LogP contribution in [0.5, 0.6) is 0 Å². The van der Waals surface area contributed by atoms with Crippen molar-refractivity contribution in [2.24, 2.45) is 5.92 Å². The average molecular weight is 272 g/mol. The fourth-order valence-corrected chi connectivity index (χ4v) is 3.44. The zero-order valence-corrected chi connectivity index (χ0v) is 12.2. The number of thiazole rings is 1. The third-order valence-corrected chi connectivity index (χ3v) is 4.65. The van der Waals surface area contributed by atoms with Gasteiger partial charge in [0.1, 0.15) is 0 Å². The molecule has 1 saturated carbocycles. The van der Waals surface area contributed by atoms with E-state index in [0.29, 0.717) is 0 Å². The van der Waals surface area contributed by atoms with E-state index in [1.54, 1.807) is 0 Å². The van der Waals surface area contributed by atoms with Gasteiger partial charge in [-0.3, -0.25) is 0 Å². The first-order valence-electron chi connectivity index (χ1n) is 7.11. The number of nitrogens with zero attached hydrogens (tertiary/aromatic N) is 1. The predicted octanol–water partition coefficient (Wildman–Crippen LogP) is 3.87. The smallest absolute Gasteiger partial charge is 0.0938 e. The van der Waals surface area contributed by atoms with Gasteiger partial charge >= 0.3 is 0 Å². The normalized spacial score (nSPS) is 14.8. The van der Waals surface area contributed by atoms with Crippen LogP contribution in [-0.2, 0) is 13.0 Å². The van der Waals surface area contributed by atoms with Crippen LogP contribution in [0.4, 0.5) is 0 Å². The first-order valence-corrected chi connectivity index (χ1v) is 7.93. The van der Waals surface area contributed by atoms with Gasteiger partial charge in [0.2, 0.25) is 0 Å². The molecule has 0 atom stereocenters. The van der Waals surface area contributed by atoms with Crippen molar-refractivity contribution in [2.45, 2.75) is 32.7 Å². The lowest BCUT2D eigenvalue weighted by atomic mass is 10.1. The highest BCUT2D eigenvalue weighted by molar-refractivity contribution is 7.15. The Bertz CT molecular complexity index is 529. The van der Waals surface area contributed by atoms with E-state index in [4.69, 9.17) is 4.98 Å². The van der Waals surface area contributed by atoms with E-state index in [1.807, 2.05) is 11.3 Å². The molecule has 0 spiro atoms. The number of nitrogens with one attached hydrogen (secondary N) is 1. The largest absolute Gasteiger partial charge is 0.311 e. The summed E-state index contributed by atoms with van der Waals surface area (Å²) in [5.74, 6) is 0.904. The van der Waals surface area contributed by atoms with E-state index < -0.39 is 0 Å². The summed E-state index contributed by atoms with van der Waals surface area (Å²) in [7, 11) is 0. The molecule has 1 N–H and O–H groups in total. The quantitative estimate of drug-likeness (QED) is 0.863. The molecule has 19 heavy (non-hydrogen) atoms. The van der Waals surface area contributed by atoms with Crippen molar-refractivity contribution < 1.29 is 0 Å². The number of hydrogen-bond donors (Lipinski definition) is 1. The fourth-order valence-electron chi connectivity index (χ4n) is 2.24. The van der Waals surface area contributed by atoms with Gasteiger partial charge < -0.3 is 5.32 Å². The molecule has 100 valence electrons. The Labute approximate surface area is 118 Å². The molecule has 2 nitrogen and oxygen atoms in total. The summed E-state index contributed by atoms with van der Waals surface area (Å²) in [4.78, 5) is 6.20. The van der Waals surface area contributed by atoms with Crippen LogP contribution in [0.25, 0.3) is 10.4 Å². The standard InChI is InChI=1S/C16H20N2S/c1-2-17-11-14-16(13-6-4-3-5-7-13)19-15(18-14)10-12-8-9-12/h3-7,12,17H,2,8-11H2,1H3. The lowest BCUT2D eigenvalue weighted by Gasteiger charge is -2.02. The Morgan fingerprint density at radius 1 is 1.26 bits per heavy atom. The second kappa shape index (κ2) is 5.85. The van der Waals surface area contributed by atoms with Crippen LogP contribution in [0.1, 0.15) is 30.5 Å². The molecule has 1 aromatic carbocycles. The Morgan fingerprint density at radius 3 is 2.74 bits per heavy atom. The first-order chi connectivity index (χ1) is 9.36. The van der Waals surface area contributed by atoms with Crippen molar-refractivity contribution in [2.75, 3.05) is 6.54 Å². The molecular weight excluding hydrogens is 252 g/mol. The van der Waals surface area contributed by atoms with Crippen LogP contribution >= 0.6 is 11.3 Å². The SMILES string of the molecule is CCNCc1nc(CC2CC2)sc1-c1ccccc1. The number of aromatic nitrogens is 1. The van der Waals surface area contributed by atoms with Crippen molar-refractivity contribution in [3.05, 3.63) is 41.0 Å². The summed E-state index contributed by atoms with van der Waals surface area (Å²) in [6.45, 7) is 4.01. The van der Waals surface area contributed by atoms with Gasteiger partial charge in [0.25, 0.3) is 0 Å². The molecule has 0 radical (unpaired) electrons. The van der Waals surface area contributed by atoms with Crippen molar-refractivity contribution in [3.63, 3.8) is 0 Å². The zero-order valence-electron chi connectivity index (χ0n) is 11.4. The van der Waals surface area contributed by atoms with Gasteiger partial charge in [-0.1, -0.05) is 37.3 Å². The summed E-state index contributed by atoms with van der Waals surface area (Å²) in [5, 5.41) is 4.72. The number of benzene rings is 1. The van der Waals surface area contributed by atoms with E-state index in [9.17, 15) is 0 Å². The second-order valence-corrected chi connectivity index (χ2v) is 6.26. The highest BCUT2D eigenvalue weighted by atomic mass is 32.1. The molecule has 3 rings (SSSR count). The summed E-state index contributed by atoms with van der Waals surface area (Å²) >= 11 is 1.88. The third-order valence-electron chi connectivity index (χ3n) is 3.48. The topological polar surface area (TPSA) is 24.9 Å². The van der Waals surface area contributed by atoms with Crippen LogP contribution < -0.4 is 5.32 Å². The molecule has 1 fully saturated rings. The molecule has 3 heteroatoms. The van der Waals surface area contributed by atoms with E-state index in [1.165, 1.54) is 40.4 Å². The monoisotopic (exact) mass is 272 g/mol. The van der Waals surface area contributed by atoms with Gasteiger partial charge in [-0.15, -0.1) is 11.3 Å². The maximum absolute atomic E-state index is 4.86. The lowest BCUT2D eigenvalue weighted by Crippen LogP contribution is -2.12. The first kappa shape index (κ1) is 12.8. The van der Waals surface area contributed by atoms with Gasteiger partial charge in [0.15, 0.2) is 0 Å². The molecule has 1 aliphatic carbocycles. The highest BCUT2D eigenvalue weighted by Crippen LogP contribution is 2.37. The van der Waals surface area contributed by atoms with Crippen molar-refractivity contribution in [1.82, 2.24) is 10.3 Å².